The van der Waals surface area contributed by atoms with Crippen LogP contribution in [-0.2, 0) is 19.1 Å². The third kappa shape index (κ3) is 10.9. The van der Waals surface area contributed by atoms with Gasteiger partial charge in [0.25, 0.3) is 5.91 Å². The highest BCUT2D eigenvalue weighted by Crippen LogP contribution is 2.28. The van der Waals surface area contributed by atoms with Crippen molar-refractivity contribution in [3.05, 3.63) is 64.7 Å². The maximum absolute atomic E-state index is 14.3. The van der Waals surface area contributed by atoms with Crippen molar-refractivity contribution in [2.75, 3.05) is 11.9 Å². The standard InChI is InChI=1S/C32H46N4O5/c1-8-9-12-17-36(30(39)26(15-16-27(33)37)35-31(40)41-32(5,6)7)28(24-19-21(2)18-22(3)20-24)29(38)34-25-14-11-10-13-23(25)4/h10-11,13-14,18-20,26,28H,8-9,12,15-17H2,1-7H3,(H2,33,37)(H,34,38)(H,35,40). The minimum absolute atomic E-state index is 0.0311. The van der Waals surface area contributed by atoms with Crippen LogP contribution in [0.5, 0.6) is 0 Å². The normalized spacial score (nSPS) is 12.7. The van der Waals surface area contributed by atoms with Crippen LogP contribution in [0, 0.1) is 20.8 Å². The van der Waals surface area contributed by atoms with Crippen molar-refractivity contribution in [1.29, 1.82) is 0 Å². The van der Waals surface area contributed by atoms with E-state index in [0.29, 0.717) is 17.7 Å². The molecule has 9 heteroatoms. The van der Waals surface area contributed by atoms with E-state index in [4.69, 9.17) is 10.5 Å². The fourth-order valence-electron chi connectivity index (χ4n) is 4.65. The Morgan fingerprint density at radius 1 is 0.976 bits per heavy atom. The number of hydrogen-bond donors (Lipinski definition) is 3. The minimum atomic E-state index is -1.13. The van der Waals surface area contributed by atoms with Gasteiger partial charge in [0.2, 0.25) is 11.8 Å². The Hall–Kier alpha value is -3.88. The summed E-state index contributed by atoms with van der Waals surface area (Å²) in [6, 6.07) is 11.1. The van der Waals surface area contributed by atoms with Crippen LogP contribution in [-0.4, -0.2) is 46.9 Å². The Kier molecular flexibility index (Phi) is 12.4. The van der Waals surface area contributed by atoms with Crippen LogP contribution >= 0.6 is 0 Å². The molecule has 0 saturated heterocycles. The highest BCUT2D eigenvalue weighted by atomic mass is 16.6. The summed E-state index contributed by atoms with van der Waals surface area (Å²) < 4.78 is 5.40. The first-order valence-electron chi connectivity index (χ1n) is 14.2. The number of hydrogen-bond acceptors (Lipinski definition) is 5. The van der Waals surface area contributed by atoms with Gasteiger partial charge in [0.1, 0.15) is 17.7 Å². The Balaban J connectivity index is 2.60. The first-order valence-corrected chi connectivity index (χ1v) is 14.2. The quantitative estimate of drug-likeness (QED) is 0.277. The Morgan fingerprint density at radius 2 is 1.61 bits per heavy atom. The molecule has 0 heterocycles. The fourth-order valence-corrected chi connectivity index (χ4v) is 4.65. The largest absolute Gasteiger partial charge is 0.444 e. The number of para-hydroxylation sites is 1. The Morgan fingerprint density at radius 3 is 2.17 bits per heavy atom. The summed E-state index contributed by atoms with van der Waals surface area (Å²) in [5.74, 6) is -1.47. The first kappa shape index (κ1) is 33.3. The second kappa shape index (κ2) is 15.2. The average Bonchev–Trinajstić information content (AvgIpc) is 2.85. The number of anilines is 1. The molecule has 0 fully saturated rings. The number of alkyl carbamates (subject to hydrolysis) is 1. The van der Waals surface area contributed by atoms with Gasteiger partial charge in [-0.05, 0) is 71.6 Å². The zero-order chi connectivity index (χ0) is 30.7. The van der Waals surface area contributed by atoms with Gasteiger partial charge in [0.15, 0.2) is 0 Å². The molecule has 2 aromatic carbocycles. The molecule has 2 rings (SSSR count). The van der Waals surface area contributed by atoms with Crippen LogP contribution in [0.4, 0.5) is 10.5 Å². The van der Waals surface area contributed by atoms with Crippen molar-refractivity contribution in [1.82, 2.24) is 10.2 Å². The van der Waals surface area contributed by atoms with Crippen molar-refractivity contribution in [2.24, 2.45) is 5.73 Å². The van der Waals surface area contributed by atoms with Crippen LogP contribution in [0.25, 0.3) is 0 Å². The molecule has 0 saturated carbocycles. The van der Waals surface area contributed by atoms with Crippen LogP contribution in [0.15, 0.2) is 42.5 Å². The smallest absolute Gasteiger partial charge is 0.408 e. The lowest BCUT2D eigenvalue weighted by Gasteiger charge is -2.35. The Bertz CT molecular complexity index is 1200. The maximum Gasteiger partial charge on any atom is 0.408 e. The molecule has 0 aliphatic heterocycles. The summed E-state index contributed by atoms with van der Waals surface area (Å²) in [7, 11) is 0. The molecule has 0 aliphatic carbocycles. The molecular formula is C32H46N4O5. The topological polar surface area (TPSA) is 131 Å². The number of nitrogens with one attached hydrogen (secondary N) is 2. The third-order valence-electron chi connectivity index (χ3n) is 6.48. The minimum Gasteiger partial charge on any atom is -0.444 e. The molecule has 0 radical (unpaired) electrons. The highest BCUT2D eigenvalue weighted by Gasteiger charge is 2.36. The summed E-state index contributed by atoms with van der Waals surface area (Å²) in [4.78, 5) is 54.3. The molecule has 0 aliphatic rings. The second-order valence-electron chi connectivity index (χ2n) is 11.6. The van der Waals surface area contributed by atoms with E-state index < -0.39 is 35.6 Å². The van der Waals surface area contributed by atoms with Gasteiger partial charge < -0.3 is 26.0 Å². The van der Waals surface area contributed by atoms with E-state index in [-0.39, 0.29) is 25.3 Å². The van der Waals surface area contributed by atoms with Crippen molar-refractivity contribution in [3.63, 3.8) is 0 Å². The molecule has 2 atom stereocenters. The van der Waals surface area contributed by atoms with E-state index in [0.717, 1.165) is 29.5 Å². The molecule has 2 unspecified atom stereocenters. The SMILES string of the molecule is CCCCCN(C(=O)C(CCC(N)=O)NC(=O)OC(C)(C)C)C(C(=O)Nc1ccccc1C)c1cc(C)cc(C)c1. The number of aryl methyl sites for hydroxylation is 3. The zero-order valence-electron chi connectivity index (χ0n) is 25.5. The van der Waals surface area contributed by atoms with E-state index in [1.54, 1.807) is 20.8 Å². The van der Waals surface area contributed by atoms with Gasteiger partial charge in [-0.3, -0.25) is 14.4 Å². The van der Waals surface area contributed by atoms with Crippen molar-refractivity contribution in [3.8, 4) is 0 Å². The van der Waals surface area contributed by atoms with Gasteiger partial charge in [-0.2, -0.15) is 0 Å². The van der Waals surface area contributed by atoms with Crippen LogP contribution in [0.2, 0.25) is 0 Å². The van der Waals surface area contributed by atoms with E-state index in [2.05, 4.69) is 17.6 Å². The fraction of sp³-hybridized carbons (Fsp3) is 0.500. The van der Waals surface area contributed by atoms with Crippen LogP contribution in [0.1, 0.15) is 88.1 Å². The van der Waals surface area contributed by atoms with Gasteiger partial charge in [-0.1, -0.05) is 67.3 Å². The van der Waals surface area contributed by atoms with Crippen molar-refractivity contribution < 1.29 is 23.9 Å². The maximum atomic E-state index is 14.3. The van der Waals surface area contributed by atoms with Crippen LogP contribution < -0.4 is 16.4 Å². The van der Waals surface area contributed by atoms with E-state index in [1.165, 1.54) is 4.90 Å². The van der Waals surface area contributed by atoms with Crippen molar-refractivity contribution in [2.45, 2.75) is 98.3 Å². The first-order chi connectivity index (χ1) is 19.2. The predicted octanol–water partition coefficient (Wildman–Crippen LogP) is 5.47. The third-order valence-corrected chi connectivity index (χ3v) is 6.48. The van der Waals surface area contributed by atoms with Gasteiger partial charge >= 0.3 is 6.09 Å². The summed E-state index contributed by atoms with van der Waals surface area (Å²) >= 11 is 0. The number of carbonyl (C=O) groups excluding carboxylic acids is 4. The van der Waals surface area contributed by atoms with E-state index >= 15 is 0 Å². The molecule has 41 heavy (non-hydrogen) atoms. The monoisotopic (exact) mass is 566 g/mol. The zero-order valence-corrected chi connectivity index (χ0v) is 25.5. The molecule has 4 amide bonds. The molecule has 224 valence electrons. The molecule has 0 spiro atoms. The lowest BCUT2D eigenvalue weighted by Crippen LogP contribution is -2.53. The second-order valence-corrected chi connectivity index (χ2v) is 11.6. The number of amides is 4. The predicted molar refractivity (Wildman–Crippen MR) is 161 cm³/mol. The number of benzene rings is 2. The molecule has 0 aromatic heterocycles. The number of primary amides is 1. The summed E-state index contributed by atoms with van der Waals surface area (Å²) in [6.07, 6.45) is 1.45. The van der Waals surface area contributed by atoms with Gasteiger partial charge in [-0.15, -0.1) is 0 Å². The van der Waals surface area contributed by atoms with E-state index in [1.807, 2.05) is 63.2 Å². The van der Waals surface area contributed by atoms with Gasteiger partial charge in [-0.25, -0.2) is 4.79 Å². The number of carbonyl (C=O) groups is 4. The number of ether oxygens (including phenoxy) is 1. The van der Waals surface area contributed by atoms with Gasteiger partial charge in [0, 0.05) is 18.7 Å². The lowest BCUT2D eigenvalue weighted by molar-refractivity contribution is -0.141. The van der Waals surface area contributed by atoms with E-state index in [9.17, 15) is 19.2 Å². The van der Waals surface area contributed by atoms with Crippen LogP contribution in [0.3, 0.4) is 0 Å². The Labute approximate surface area is 244 Å². The highest BCUT2D eigenvalue weighted by molar-refractivity contribution is 5.99. The summed E-state index contributed by atoms with van der Waals surface area (Å²) in [5, 5.41) is 5.65. The number of unbranched alkanes of at least 4 members (excludes halogenated alkanes) is 2. The average molecular weight is 567 g/mol. The number of rotatable bonds is 13. The number of nitrogens with two attached hydrogens (primary N) is 1. The molecule has 9 nitrogen and oxygen atoms in total. The number of nitrogens with zero attached hydrogens (tertiary/aromatic N) is 1. The summed E-state index contributed by atoms with van der Waals surface area (Å²) in [6.45, 7) is 13.3. The van der Waals surface area contributed by atoms with Gasteiger partial charge in [0.05, 0.1) is 0 Å². The molecule has 2 aromatic rings. The molecule has 0 bridgehead atoms. The molecular weight excluding hydrogens is 520 g/mol. The lowest BCUT2D eigenvalue weighted by atomic mass is 9.97. The summed E-state index contributed by atoms with van der Waals surface area (Å²) in [5.41, 5.74) is 8.70. The molecule has 4 N–H and O–H groups in total. The van der Waals surface area contributed by atoms with Crippen molar-refractivity contribution >= 4 is 29.5 Å².